The summed E-state index contributed by atoms with van der Waals surface area (Å²) in [6.45, 7) is 8.55. The number of allylic oxidation sites excluding steroid dienone is 3. The molecule has 0 aromatic carbocycles. The summed E-state index contributed by atoms with van der Waals surface area (Å²) >= 11 is 0. The van der Waals surface area contributed by atoms with Gasteiger partial charge in [0.1, 0.15) is 0 Å². The molecule has 2 nitrogen and oxygen atoms in total. The van der Waals surface area contributed by atoms with E-state index in [0.717, 1.165) is 12.3 Å². The van der Waals surface area contributed by atoms with E-state index in [2.05, 4.69) is 32.8 Å². The van der Waals surface area contributed by atoms with Crippen LogP contribution in [-0.2, 0) is 9.53 Å². The van der Waals surface area contributed by atoms with Gasteiger partial charge in [-0.15, -0.1) is 6.42 Å². The summed E-state index contributed by atoms with van der Waals surface area (Å²) in [7, 11) is 0. The van der Waals surface area contributed by atoms with Crippen LogP contribution in [0.1, 0.15) is 53.4 Å². The van der Waals surface area contributed by atoms with E-state index in [1.807, 2.05) is 6.08 Å². The number of rotatable bonds is 9. The molecule has 0 heterocycles. The van der Waals surface area contributed by atoms with Crippen molar-refractivity contribution in [1.82, 2.24) is 0 Å². The minimum Gasteiger partial charge on any atom is -0.449 e. The van der Waals surface area contributed by atoms with Crippen LogP contribution in [0, 0.1) is 24.2 Å². The normalized spacial score (nSPS) is 13.5. The summed E-state index contributed by atoms with van der Waals surface area (Å²) in [5.74, 6) is 3.40. The molecule has 0 saturated carbocycles. The lowest BCUT2D eigenvalue weighted by atomic mass is 9.97. The lowest BCUT2D eigenvalue weighted by Gasteiger charge is -2.09. The first-order chi connectivity index (χ1) is 9.47. The number of terminal acetylenes is 1. The monoisotopic (exact) mass is 276 g/mol. The first-order valence-electron chi connectivity index (χ1n) is 7.41. The molecule has 0 saturated heterocycles. The van der Waals surface area contributed by atoms with Crippen LogP contribution >= 0.6 is 0 Å². The molecule has 112 valence electrons. The third-order valence-electron chi connectivity index (χ3n) is 3.11. The third kappa shape index (κ3) is 10.4. The summed E-state index contributed by atoms with van der Waals surface area (Å²) in [5.41, 5.74) is 0.573. The molecule has 0 amide bonds. The van der Waals surface area contributed by atoms with Gasteiger partial charge in [-0.3, -0.25) is 0 Å². The Labute approximate surface area is 124 Å². The largest absolute Gasteiger partial charge is 0.449 e. The van der Waals surface area contributed by atoms with E-state index in [1.54, 1.807) is 13.0 Å². The van der Waals surface area contributed by atoms with Gasteiger partial charge >= 0.3 is 5.97 Å². The molecular formula is C18H28O2. The van der Waals surface area contributed by atoms with E-state index in [1.165, 1.54) is 19.3 Å². The van der Waals surface area contributed by atoms with Crippen LogP contribution in [0.5, 0.6) is 0 Å². The lowest BCUT2D eigenvalue weighted by Crippen LogP contribution is -2.05. The summed E-state index contributed by atoms with van der Waals surface area (Å²) in [5, 5.41) is 0. The van der Waals surface area contributed by atoms with Crippen LogP contribution in [0.4, 0.5) is 0 Å². The van der Waals surface area contributed by atoms with Crippen LogP contribution in [0.2, 0.25) is 0 Å². The van der Waals surface area contributed by atoms with Crippen molar-refractivity contribution < 1.29 is 9.53 Å². The molecule has 20 heavy (non-hydrogen) atoms. The predicted molar refractivity (Wildman–Crippen MR) is 85.2 cm³/mol. The third-order valence-corrected chi connectivity index (χ3v) is 3.11. The van der Waals surface area contributed by atoms with Crippen molar-refractivity contribution >= 4 is 5.97 Å². The van der Waals surface area contributed by atoms with Crippen molar-refractivity contribution in [2.24, 2.45) is 11.8 Å². The maximum Gasteiger partial charge on any atom is 0.334 e. The van der Waals surface area contributed by atoms with Crippen molar-refractivity contribution in [3.63, 3.8) is 0 Å². The smallest absolute Gasteiger partial charge is 0.334 e. The fourth-order valence-corrected chi connectivity index (χ4v) is 1.80. The van der Waals surface area contributed by atoms with Gasteiger partial charge in [0, 0.05) is 5.57 Å². The summed E-state index contributed by atoms with van der Waals surface area (Å²) in [6.07, 6.45) is 15.7. The molecule has 1 atom stereocenters. The molecule has 0 aliphatic rings. The Morgan fingerprint density at radius 2 is 2.00 bits per heavy atom. The highest BCUT2D eigenvalue weighted by atomic mass is 16.5. The van der Waals surface area contributed by atoms with Crippen LogP contribution < -0.4 is 0 Å². The second-order valence-electron chi connectivity index (χ2n) is 5.72. The quantitative estimate of drug-likeness (QED) is 0.268. The zero-order valence-electron chi connectivity index (χ0n) is 13.3. The molecule has 0 N–H and O–H groups in total. The molecular weight excluding hydrogens is 248 g/mol. The zero-order valence-corrected chi connectivity index (χ0v) is 13.3. The highest BCUT2D eigenvalue weighted by molar-refractivity contribution is 5.88. The van der Waals surface area contributed by atoms with Gasteiger partial charge in [0.25, 0.3) is 0 Å². The van der Waals surface area contributed by atoms with Gasteiger partial charge in [0.15, 0.2) is 6.61 Å². The average molecular weight is 276 g/mol. The van der Waals surface area contributed by atoms with Gasteiger partial charge in [0.05, 0.1) is 0 Å². The summed E-state index contributed by atoms with van der Waals surface area (Å²) in [4.78, 5) is 11.4. The fraction of sp³-hybridized carbons (Fsp3) is 0.611. The van der Waals surface area contributed by atoms with E-state index in [9.17, 15) is 4.79 Å². The number of carbonyl (C=O) groups excluding carboxylic acids is 1. The molecule has 0 aliphatic carbocycles. The zero-order chi connectivity index (χ0) is 15.4. The van der Waals surface area contributed by atoms with Crippen molar-refractivity contribution in [3.8, 4) is 12.3 Å². The van der Waals surface area contributed by atoms with E-state index < -0.39 is 0 Å². The standard InChI is InChI=1S/C18H28O2/c1-6-14-20-18(19)17(5)13-8-7-11-16(4)12-9-10-15(2)3/h1,7-8,13,15-16H,9-12,14H2,2-5H3/b8-7+,17-13+. The van der Waals surface area contributed by atoms with Crippen molar-refractivity contribution in [2.75, 3.05) is 6.61 Å². The molecule has 0 rings (SSSR count). The Hall–Kier alpha value is -1.49. The Balaban J connectivity index is 3.94. The molecule has 2 heteroatoms. The molecule has 0 aromatic heterocycles. The number of hydrogen-bond acceptors (Lipinski definition) is 2. The van der Waals surface area contributed by atoms with Crippen molar-refractivity contribution in [1.29, 1.82) is 0 Å². The van der Waals surface area contributed by atoms with Crippen LogP contribution in [-0.4, -0.2) is 12.6 Å². The first kappa shape index (κ1) is 18.5. The van der Waals surface area contributed by atoms with E-state index in [0.29, 0.717) is 11.5 Å². The SMILES string of the molecule is C#CCOC(=O)/C(C)=C/C=C/CC(C)CCCC(C)C. The fourth-order valence-electron chi connectivity index (χ4n) is 1.80. The van der Waals surface area contributed by atoms with Gasteiger partial charge in [-0.1, -0.05) is 64.2 Å². The van der Waals surface area contributed by atoms with Gasteiger partial charge in [-0.05, 0) is 25.2 Å². The van der Waals surface area contributed by atoms with Crippen LogP contribution in [0.15, 0.2) is 23.8 Å². The van der Waals surface area contributed by atoms with Crippen molar-refractivity contribution in [3.05, 3.63) is 23.8 Å². The Kier molecular flexibility index (Phi) is 10.5. The minimum atomic E-state index is -0.349. The minimum absolute atomic E-state index is 0.0284. The van der Waals surface area contributed by atoms with E-state index >= 15 is 0 Å². The molecule has 0 radical (unpaired) electrons. The van der Waals surface area contributed by atoms with E-state index in [-0.39, 0.29) is 12.6 Å². The maximum atomic E-state index is 11.4. The summed E-state index contributed by atoms with van der Waals surface area (Å²) in [6, 6.07) is 0. The van der Waals surface area contributed by atoms with Gasteiger partial charge in [-0.25, -0.2) is 4.79 Å². The van der Waals surface area contributed by atoms with Crippen LogP contribution in [0.25, 0.3) is 0 Å². The Morgan fingerprint density at radius 1 is 1.30 bits per heavy atom. The molecule has 0 aliphatic heterocycles. The van der Waals surface area contributed by atoms with Gasteiger partial charge in [-0.2, -0.15) is 0 Å². The number of ether oxygens (including phenoxy) is 1. The Morgan fingerprint density at radius 3 is 2.60 bits per heavy atom. The van der Waals surface area contributed by atoms with E-state index in [4.69, 9.17) is 11.2 Å². The highest BCUT2D eigenvalue weighted by Crippen LogP contribution is 2.15. The molecule has 0 spiro atoms. The topological polar surface area (TPSA) is 26.3 Å². The van der Waals surface area contributed by atoms with Crippen molar-refractivity contribution in [2.45, 2.75) is 53.4 Å². The lowest BCUT2D eigenvalue weighted by molar-refractivity contribution is -0.137. The second-order valence-corrected chi connectivity index (χ2v) is 5.72. The van der Waals surface area contributed by atoms with Gasteiger partial charge in [0.2, 0.25) is 0 Å². The predicted octanol–water partition coefficient (Wildman–Crippen LogP) is 4.52. The number of hydrogen-bond donors (Lipinski definition) is 0. The molecule has 0 fully saturated rings. The highest BCUT2D eigenvalue weighted by Gasteiger charge is 2.03. The Bertz CT molecular complexity index is 369. The van der Waals surface area contributed by atoms with Gasteiger partial charge < -0.3 is 4.74 Å². The summed E-state index contributed by atoms with van der Waals surface area (Å²) < 4.78 is 4.83. The maximum absolute atomic E-state index is 11.4. The molecule has 0 aromatic rings. The second kappa shape index (κ2) is 11.3. The number of carbonyl (C=O) groups is 1. The molecule has 1 unspecified atom stereocenters. The number of esters is 1. The van der Waals surface area contributed by atoms with Crippen LogP contribution in [0.3, 0.4) is 0 Å². The first-order valence-corrected chi connectivity index (χ1v) is 7.41. The average Bonchev–Trinajstić information content (AvgIpc) is 2.40. The molecule has 0 bridgehead atoms.